The van der Waals surface area contributed by atoms with Crippen LogP contribution in [0, 0.1) is 13.8 Å². The molecule has 0 saturated carbocycles. The molecule has 1 aromatic heterocycles. The maximum absolute atomic E-state index is 12.1. The van der Waals surface area contributed by atoms with Crippen molar-refractivity contribution in [3.05, 3.63) is 41.2 Å². The highest BCUT2D eigenvalue weighted by atomic mass is 32.2. The van der Waals surface area contributed by atoms with E-state index in [4.69, 9.17) is 0 Å². The number of aryl methyl sites for hydroxylation is 2. The molecule has 0 bridgehead atoms. The summed E-state index contributed by atoms with van der Waals surface area (Å²) in [6.45, 7) is 4.66. The van der Waals surface area contributed by atoms with Crippen molar-refractivity contribution in [1.82, 2.24) is 14.4 Å². The highest BCUT2D eigenvalue weighted by molar-refractivity contribution is 7.99. The molecule has 0 amide bonds. The summed E-state index contributed by atoms with van der Waals surface area (Å²) in [4.78, 5) is 6.87. The van der Waals surface area contributed by atoms with Crippen LogP contribution in [0.4, 0.5) is 0 Å². The van der Waals surface area contributed by atoms with Gasteiger partial charge in [0.25, 0.3) is 10.0 Å². The van der Waals surface area contributed by atoms with E-state index in [2.05, 4.69) is 14.9 Å². The summed E-state index contributed by atoms with van der Waals surface area (Å²) in [5.41, 5.74) is 2.69. The molecule has 6 nitrogen and oxygen atoms in total. The Balaban J connectivity index is 1.78. The van der Waals surface area contributed by atoms with Gasteiger partial charge in [-0.25, -0.2) is 9.82 Å². The summed E-state index contributed by atoms with van der Waals surface area (Å²) in [5, 5.41) is 4.85. The number of fused-ring (bicyclic) bond motifs is 1. The van der Waals surface area contributed by atoms with Crippen LogP contribution < -0.4 is 4.83 Å². The van der Waals surface area contributed by atoms with Gasteiger partial charge in [-0.15, -0.1) is 0 Å². The third-order valence-electron chi connectivity index (χ3n) is 3.39. The fraction of sp³-hybridized carbons (Fsp3) is 0.286. The summed E-state index contributed by atoms with van der Waals surface area (Å²) in [6.07, 6.45) is 1.52. The first-order chi connectivity index (χ1) is 10.5. The van der Waals surface area contributed by atoms with Crippen LogP contribution >= 0.6 is 11.8 Å². The van der Waals surface area contributed by atoms with E-state index in [1.807, 2.05) is 18.4 Å². The molecule has 0 spiro atoms. The van der Waals surface area contributed by atoms with Crippen LogP contribution in [-0.2, 0) is 16.6 Å². The number of imidazole rings is 1. The third-order valence-corrected chi connectivity index (χ3v) is 5.59. The molecule has 0 saturated heterocycles. The molecule has 3 rings (SSSR count). The van der Waals surface area contributed by atoms with E-state index < -0.39 is 10.0 Å². The zero-order valence-electron chi connectivity index (χ0n) is 12.3. The predicted molar refractivity (Wildman–Crippen MR) is 86.8 cm³/mol. The minimum atomic E-state index is -3.64. The van der Waals surface area contributed by atoms with E-state index in [9.17, 15) is 8.42 Å². The summed E-state index contributed by atoms with van der Waals surface area (Å²) in [7, 11) is -3.64. The van der Waals surface area contributed by atoms with Crippen molar-refractivity contribution in [2.24, 2.45) is 5.10 Å². The number of rotatable bonds is 4. The Kier molecular flexibility index (Phi) is 3.96. The van der Waals surface area contributed by atoms with E-state index >= 15 is 0 Å². The molecule has 0 aliphatic carbocycles. The number of nitrogens with zero attached hydrogens (tertiary/aromatic N) is 3. The summed E-state index contributed by atoms with van der Waals surface area (Å²) >= 11 is 1.69. The first kappa shape index (κ1) is 15.1. The third kappa shape index (κ3) is 2.89. The molecular formula is C14H16N4O2S2. The largest absolute Gasteiger partial charge is 0.317 e. The Morgan fingerprint density at radius 1 is 1.32 bits per heavy atom. The summed E-state index contributed by atoms with van der Waals surface area (Å²) in [5.74, 6) is 0.985. The summed E-state index contributed by atoms with van der Waals surface area (Å²) in [6, 6.07) is 6.63. The minimum Gasteiger partial charge on any atom is -0.317 e. The van der Waals surface area contributed by atoms with Gasteiger partial charge < -0.3 is 4.57 Å². The monoisotopic (exact) mass is 336 g/mol. The molecule has 2 aromatic rings. The van der Waals surface area contributed by atoms with Gasteiger partial charge in [0.1, 0.15) is 0 Å². The molecule has 0 unspecified atom stereocenters. The average molecular weight is 336 g/mol. The van der Waals surface area contributed by atoms with Gasteiger partial charge in [0.2, 0.25) is 0 Å². The normalized spacial score (nSPS) is 14.5. The second-order valence-corrected chi connectivity index (χ2v) is 7.75. The van der Waals surface area contributed by atoms with Crippen molar-refractivity contribution in [3.63, 3.8) is 0 Å². The van der Waals surface area contributed by atoms with Crippen LogP contribution in [0.2, 0.25) is 0 Å². The fourth-order valence-electron chi connectivity index (χ4n) is 2.20. The molecule has 2 heterocycles. The van der Waals surface area contributed by atoms with Crippen LogP contribution in [0.25, 0.3) is 0 Å². The number of hydrogen-bond acceptors (Lipinski definition) is 5. The highest BCUT2D eigenvalue weighted by Crippen LogP contribution is 2.26. The molecule has 1 aliphatic heterocycles. The van der Waals surface area contributed by atoms with E-state index in [0.29, 0.717) is 0 Å². The smallest absolute Gasteiger partial charge is 0.276 e. The van der Waals surface area contributed by atoms with Crippen LogP contribution in [-0.4, -0.2) is 29.9 Å². The molecular weight excluding hydrogens is 320 g/mol. The van der Waals surface area contributed by atoms with Gasteiger partial charge in [0.05, 0.1) is 22.5 Å². The van der Waals surface area contributed by atoms with Crippen LogP contribution in [0.1, 0.15) is 17.0 Å². The van der Waals surface area contributed by atoms with Crippen molar-refractivity contribution in [3.8, 4) is 0 Å². The van der Waals surface area contributed by atoms with Crippen molar-refractivity contribution in [2.45, 2.75) is 30.4 Å². The molecule has 1 aromatic carbocycles. The first-order valence-corrected chi connectivity index (χ1v) is 9.26. The van der Waals surface area contributed by atoms with E-state index in [1.165, 1.54) is 6.21 Å². The summed E-state index contributed by atoms with van der Waals surface area (Å²) < 4.78 is 26.3. The number of thioether (sulfide) groups is 1. The van der Waals surface area contributed by atoms with Crippen LogP contribution in [0.5, 0.6) is 0 Å². The number of aromatic nitrogens is 2. The number of benzene rings is 1. The van der Waals surface area contributed by atoms with Crippen molar-refractivity contribution < 1.29 is 8.42 Å². The molecule has 22 heavy (non-hydrogen) atoms. The standard InChI is InChI=1S/C14H16N4O2S2/c1-10-3-5-12(6-4-10)22(19,20)17-15-9-13-11(2)16-14-18(13)7-8-21-14/h3-6,9,17H,7-8H2,1-2H3. The Hall–Kier alpha value is -1.80. The van der Waals surface area contributed by atoms with Crippen LogP contribution in [0.3, 0.4) is 0 Å². The average Bonchev–Trinajstić information content (AvgIpc) is 3.02. The number of hydrazone groups is 1. The molecule has 8 heteroatoms. The van der Waals surface area contributed by atoms with Gasteiger partial charge in [-0.1, -0.05) is 29.5 Å². The maximum Gasteiger partial charge on any atom is 0.276 e. The van der Waals surface area contributed by atoms with Gasteiger partial charge in [0.15, 0.2) is 5.16 Å². The lowest BCUT2D eigenvalue weighted by atomic mass is 10.2. The topological polar surface area (TPSA) is 76.3 Å². The zero-order valence-corrected chi connectivity index (χ0v) is 13.9. The Labute approximate surface area is 133 Å². The second-order valence-electron chi connectivity index (χ2n) is 5.03. The van der Waals surface area contributed by atoms with Gasteiger partial charge in [-0.2, -0.15) is 13.5 Å². The predicted octanol–water partition coefficient (Wildman–Crippen LogP) is 1.92. The zero-order chi connectivity index (χ0) is 15.7. The Morgan fingerprint density at radius 2 is 2.05 bits per heavy atom. The quantitative estimate of drug-likeness (QED) is 0.683. The van der Waals surface area contributed by atoms with Crippen LogP contribution in [0.15, 0.2) is 39.4 Å². The highest BCUT2D eigenvalue weighted by Gasteiger charge is 2.18. The fourth-order valence-corrected chi connectivity index (χ4v) is 4.00. The molecule has 0 atom stereocenters. The number of sulfonamides is 1. The molecule has 116 valence electrons. The molecule has 0 fully saturated rings. The van der Waals surface area contributed by atoms with E-state index in [0.717, 1.165) is 34.4 Å². The SMILES string of the molecule is Cc1ccc(S(=O)(=O)NN=Cc2c(C)nc3n2CCS3)cc1. The number of nitrogens with one attached hydrogen (secondary N) is 1. The molecule has 1 N–H and O–H groups in total. The van der Waals surface area contributed by atoms with Gasteiger partial charge in [-0.3, -0.25) is 0 Å². The maximum atomic E-state index is 12.1. The lowest BCUT2D eigenvalue weighted by Gasteiger charge is -2.04. The van der Waals surface area contributed by atoms with Gasteiger partial charge >= 0.3 is 0 Å². The van der Waals surface area contributed by atoms with Crippen molar-refractivity contribution in [1.29, 1.82) is 0 Å². The van der Waals surface area contributed by atoms with Gasteiger partial charge in [-0.05, 0) is 26.0 Å². The second kappa shape index (κ2) is 5.77. The number of hydrogen-bond donors (Lipinski definition) is 1. The van der Waals surface area contributed by atoms with E-state index in [1.54, 1.807) is 36.0 Å². The van der Waals surface area contributed by atoms with Gasteiger partial charge in [0, 0.05) is 12.3 Å². The lowest BCUT2D eigenvalue weighted by molar-refractivity contribution is 0.584. The first-order valence-electron chi connectivity index (χ1n) is 6.79. The Morgan fingerprint density at radius 3 is 2.77 bits per heavy atom. The Bertz CT molecular complexity index is 823. The minimum absolute atomic E-state index is 0.195. The molecule has 0 radical (unpaired) electrons. The van der Waals surface area contributed by atoms with E-state index in [-0.39, 0.29) is 4.90 Å². The molecule has 1 aliphatic rings. The lowest BCUT2D eigenvalue weighted by Crippen LogP contribution is -2.18. The van der Waals surface area contributed by atoms with Crippen molar-refractivity contribution >= 4 is 28.0 Å². The van der Waals surface area contributed by atoms with Crippen molar-refractivity contribution in [2.75, 3.05) is 5.75 Å².